The summed E-state index contributed by atoms with van der Waals surface area (Å²) in [6.45, 7) is 1.19. The van der Waals surface area contributed by atoms with Crippen LogP contribution >= 0.6 is 0 Å². The first-order chi connectivity index (χ1) is 12.8. The van der Waals surface area contributed by atoms with Gasteiger partial charge in [0.05, 0.1) is 17.8 Å². The van der Waals surface area contributed by atoms with E-state index in [0.29, 0.717) is 30.4 Å². The summed E-state index contributed by atoms with van der Waals surface area (Å²) in [4.78, 5) is 25.3. The van der Waals surface area contributed by atoms with E-state index >= 15 is 0 Å². The zero-order valence-electron chi connectivity index (χ0n) is 13.9. The standard InChI is InChI=1S/C18H17N5O3/c24-9-12-1-2-15(26-12)18-21-14-7-20-17-13(3-5-19-17)16(14)23(18)11-4-6-22(8-11)10-25/h1-3,5,7,10-11,24H,4,6,8-9H2,(H,19,20). The molecule has 0 saturated carbocycles. The average Bonchev–Trinajstić information content (AvgIpc) is 3.44. The van der Waals surface area contributed by atoms with E-state index in [4.69, 9.17) is 9.40 Å². The average molecular weight is 351 g/mol. The SMILES string of the molecule is O=CN1CCC(n2c(-c3ccc(CO)o3)nc3cnc4[nH]ccc4c32)C1. The molecule has 0 spiro atoms. The molecule has 0 aliphatic carbocycles. The van der Waals surface area contributed by atoms with E-state index in [2.05, 4.69) is 14.5 Å². The number of aliphatic hydroxyl groups is 1. The summed E-state index contributed by atoms with van der Waals surface area (Å²) in [7, 11) is 0. The van der Waals surface area contributed by atoms with Crippen LogP contribution in [0, 0.1) is 0 Å². The molecule has 1 saturated heterocycles. The van der Waals surface area contributed by atoms with Crippen LogP contribution in [0.5, 0.6) is 0 Å². The number of carbonyl (C=O) groups excluding carboxylic acids is 1. The maximum atomic E-state index is 11.2. The molecule has 26 heavy (non-hydrogen) atoms. The molecule has 4 aromatic rings. The molecule has 2 N–H and O–H groups in total. The van der Waals surface area contributed by atoms with Crippen molar-refractivity contribution in [3.63, 3.8) is 0 Å². The van der Waals surface area contributed by atoms with Crippen molar-refractivity contribution in [3.05, 3.63) is 36.4 Å². The third kappa shape index (κ3) is 2.15. The quantitative estimate of drug-likeness (QED) is 0.548. The number of nitrogens with zero attached hydrogens (tertiary/aromatic N) is 4. The van der Waals surface area contributed by atoms with Gasteiger partial charge in [0, 0.05) is 24.7 Å². The minimum absolute atomic E-state index is 0.100. The van der Waals surface area contributed by atoms with Crippen LogP contribution < -0.4 is 0 Å². The molecular formula is C18H17N5O3. The molecule has 0 aromatic carbocycles. The predicted octanol–water partition coefficient (Wildman–Crippen LogP) is 2.07. The fraction of sp³-hybridized carbons (Fsp3) is 0.278. The smallest absolute Gasteiger partial charge is 0.209 e. The van der Waals surface area contributed by atoms with Crippen molar-refractivity contribution in [2.45, 2.75) is 19.1 Å². The normalized spacial score (nSPS) is 17.6. The lowest BCUT2D eigenvalue weighted by atomic mass is 10.2. The highest BCUT2D eigenvalue weighted by Gasteiger charge is 2.29. The number of hydrogen-bond donors (Lipinski definition) is 2. The second kappa shape index (κ2) is 5.70. The maximum Gasteiger partial charge on any atom is 0.209 e. The van der Waals surface area contributed by atoms with Crippen LogP contribution in [0.15, 0.2) is 35.0 Å². The van der Waals surface area contributed by atoms with Crippen molar-refractivity contribution in [2.24, 2.45) is 0 Å². The van der Waals surface area contributed by atoms with Gasteiger partial charge >= 0.3 is 0 Å². The molecule has 1 aliphatic heterocycles. The second-order valence-electron chi connectivity index (χ2n) is 6.50. The first-order valence-corrected chi connectivity index (χ1v) is 8.52. The van der Waals surface area contributed by atoms with Crippen LogP contribution in [0.3, 0.4) is 0 Å². The number of aromatic amines is 1. The fourth-order valence-corrected chi connectivity index (χ4v) is 3.78. The van der Waals surface area contributed by atoms with Crippen molar-refractivity contribution in [2.75, 3.05) is 13.1 Å². The number of pyridine rings is 1. The van der Waals surface area contributed by atoms with Crippen molar-refractivity contribution < 1.29 is 14.3 Å². The van der Waals surface area contributed by atoms with Gasteiger partial charge in [-0.05, 0) is 24.6 Å². The second-order valence-corrected chi connectivity index (χ2v) is 6.50. The molecule has 1 amide bonds. The van der Waals surface area contributed by atoms with Gasteiger partial charge in [-0.25, -0.2) is 9.97 Å². The largest absolute Gasteiger partial charge is 0.455 e. The Balaban J connectivity index is 1.78. The topological polar surface area (TPSA) is 100 Å². The van der Waals surface area contributed by atoms with Gasteiger partial charge < -0.3 is 24.0 Å². The molecule has 1 fully saturated rings. The van der Waals surface area contributed by atoms with E-state index in [9.17, 15) is 9.90 Å². The number of likely N-dealkylation sites (tertiary alicyclic amines) is 1. The predicted molar refractivity (Wildman–Crippen MR) is 94.3 cm³/mol. The Kier molecular flexibility index (Phi) is 3.32. The van der Waals surface area contributed by atoms with E-state index in [0.717, 1.165) is 34.9 Å². The van der Waals surface area contributed by atoms with Crippen molar-refractivity contribution >= 4 is 28.5 Å². The van der Waals surface area contributed by atoms with E-state index in [1.807, 2.05) is 18.3 Å². The van der Waals surface area contributed by atoms with E-state index in [1.165, 1.54) is 0 Å². The van der Waals surface area contributed by atoms with Gasteiger partial charge in [0.1, 0.15) is 23.5 Å². The van der Waals surface area contributed by atoms with Crippen LogP contribution in [0.2, 0.25) is 0 Å². The Labute approximate surface area is 148 Å². The summed E-state index contributed by atoms with van der Waals surface area (Å²) in [6.07, 6.45) is 5.34. The van der Waals surface area contributed by atoms with Gasteiger partial charge in [0.2, 0.25) is 6.41 Å². The monoisotopic (exact) mass is 351 g/mol. The van der Waals surface area contributed by atoms with Gasteiger partial charge in [0.15, 0.2) is 11.6 Å². The minimum atomic E-state index is -0.161. The van der Waals surface area contributed by atoms with Gasteiger partial charge in [-0.2, -0.15) is 0 Å². The van der Waals surface area contributed by atoms with Gasteiger partial charge in [0.25, 0.3) is 0 Å². The van der Waals surface area contributed by atoms with Crippen molar-refractivity contribution in [3.8, 4) is 11.6 Å². The van der Waals surface area contributed by atoms with Crippen LogP contribution in [0.25, 0.3) is 33.7 Å². The number of furan rings is 1. The Morgan fingerprint density at radius 3 is 3.08 bits per heavy atom. The molecule has 0 bridgehead atoms. The lowest BCUT2D eigenvalue weighted by molar-refractivity contribution is -0.117. The number of aromatic nitrogens is 4. The number of rotatable bonds is 4. The number of carbonyl (C=O) groups is 1. The van der Waals surface area contributed by atoms with Gasteiger partial charge in [-0.3, -0.25) is 4.79 Å². The molecule has 1 unspecified atom stereocenters. The molecule has 5 heterocycles. The summed E-state index contributed by atoms with van der Waals surface area (Å²) in [5.74, 6) is 1.77. The summed E-state index contributed by atoms with van der Waals surface area (Å²) < 4.78 is 7.90. The number of amides is 1. The van der Waals surface area contributed by atoms with E-state index in [1.54, 1.807) is 17.2 Å². The first kappa shape index (κ1) is 15.2. The molecule has 0 radical (unpaired) electrons. The van der Waals surface area contributed by atoms with Crippen molar-refractivity contribution in [1.82, 2.24) is 24.4 Å². The maximum absolute atomic E-state index is 11.2. The molecule has 8 heteroatoms. The minimum Gasteiger partial charge on any atom is -0.455 e. The number of fused-ring (bicyclic) bond motifs is 3. The number of nitrogens with one attached hydrogen (secondary N) is 1. The molecule has 1 aliphatic rings. The number of H-pyrrole nitrogens is 1. The molecule has 5 rings (SSSR count). The molecule has 1 atom stereocenters. The summed E-state index contributed by atoms with van der Waals surface area (Å²) in [5.41, 5.74) is 2.55. The zero-order chi connectivity index (χ0) is 17.7. The summed E-state index contributed by atoms with van der Waals surface area (Å²) in [5, 5.41) is 10.3. The van der Waals surface area contributed by atoms with Gasteiger partial charge in [-0.15, -0.1) is 0 Å². The van der Waals surface area contributed by atoms with Crippen LogP contribution in [0.1, 0.15) is 18.2 Å². The number of imidazole rings is 1. The Morgan fingerprint density at radius 1 is 1.38 bits per heavy atom. The molecule has 4 aromatic heterocycles. The highest BCUT2D eigenvalue weighted by molar-refractivity contribution is 6.02. The van der Waals surface area contributed by atoms with Gasteiger partial charge in [-0.1, -0.05) is 0 Å². The summed E-state index contributed by atoms with van der Waals surface area (Å²) in [6, 6.07) is 5.65. The fourth-order valence-electron chi connectivity index (χ4n) is 3.78. The Morgan fingerprint density at radius 2 is 2.31 bits per heavy atom. The first-order valence-electron chi connectivity index (χ1n) is 8.52. The van der Waals surface area contributed by atoms with Crippen LogP contribution in [-0.4, -0.2) is 49.0 Å². The summed E-state index contributed by atoms with van der Waals surface area (Å²) >= 11 is 0. The third-order valence-corrected chi connectivity index (χ3v) is 4.98. The Bertz CT molecular complexity index is 1110. The number of aliphatic hydroxyl groups excluding tert-OH is 1. The molecular weight excluding hydrogens is 334 g/mol. The van der Waals surface area contributed by atoms with Crippen LogP contribution in [-0.2, 0) is 11.4 Å². The van der Waals surface area contributed by atoms with E-state index < -0.39 is 0 Å². The highest BCUT2D eigenvalue weighted by atomic mass is 16.4. The van der Waals surface area contributed by atoms with E-state index in [-0.39, 0.29) is 12.6 Å². The third-order valence-electron chi connectivity index (χ3n) is 4.98. The lowest BCUT2D eigenvalue weighted by Gasteiger charge is -2.16. The molecule has 8 nitrogen and oxygen atoms in total. The zero-order valence-corrected chi connectivity index (χ0v) is 13.9. The Hall–Kier alpha value is -3.13. The molecule has 132 valence electrons. The van der Waals surface area contributed by atoms with Crippen molar-refractivity contribution in [1.29, 1.82) is 0 Å². The lowest BCUT2D eigenvalue weighted by Crippen LogP contribution is -2.20. The highest BCUT2D eigenvalue weighted by Crippen LogP contribution is 2.35. The number of hydrogen-bond acceptors (Lipinski definition) is 5. The van der Waals surface area contributed by atoms with Crippen LogP contribution in [0.4, 0.5) is 0 Å².